The molecule has 0 unspecified atom stereocenters. The molecule has 0 amide bonds. The topological polar surface area (TPSA) is 9.23 Å². The second-order valence-corrected chi connectivity index (χ2v) is 10.1. The van der Waals surface area contributed by atoms with Crippen LogP contribution in [0.1, 0.15) is 108 Å². The Morgan fingerprint density at radius 1 is 0.848 bits per heavy atom. The Labute approximate surface area is 197 Å². The summed E-state index contributed by atoms with van der Waals surface area (Å²) in [5, 5.41) is 0. The van der Waals surface area contributed by atoms with Crippen LogP contribution in [-0.2, 0) is 0 Å². The quantitative estimate of drug-likeness (QED) is 0.178. The number of rotatable bonds is 11. The van der Waals surface area contributed by atoms with E-state index in [9.17, 15) is 17.6 Å². The fraction of sp³-hybridized carbons (Fsp3) is 0.714. The fourth-order valence-electron chi connectivity index (χ4n) is 5.99. The van der Waals surface area contributed by atoms with E-state index in [4.69, 9.17) is 0 Å². The Hall–Kier alpha value is -1.52. The summed E-state index contributed by atoms with van der Waals surface area (Å²) in [6.45, 7) is -1.03. The van der Waals surface area contributed by atoms with Crippen LogP contribution in [0.25, 0.3) is 0 Å². The highest BCUT2D eigenvalue weighted by Gasteiger charge is 2.32. The van der Waals surface area contributed by atoms with Gasteiger partial charge in [0.05, 0.1) is 0 Å². The molecular formula is C28H40F4O. The molecule has 0 N–H and O–H groups in total. The van der Waals surface area contributed by atoms with Crippen LogP contribution in [0.2, 0.25) is 0 Å². The highest BCUT2D eigenvalue weighted by molar-refractivity contribution is 5.33. The molecule has 2 fully saturated rings. The SMILES string of the molecule is CCC/C=C/CCCCC1CCC(C2CCC(c3cc(F)c(OC(F)F)c(F)c3)CC2)CC1. The standard InChI is InChI=1S/C28H40F4O/c1-2-3-4-5-6-7-8-9-20-10-12-21(13-11-20)22-14-16-23(17-15-22)24-18-25(29)27(26(30)19-24)33-28(31)32/h4-5,18-23,28H,2-3,6-17H2,1H3/b5-4+. The highest BCUT2D eigenvalue weighted by atomic mass is 19.3. The van der Waals surface area contributed by atoms with Crippen molar-refractivity contribution >= 4 is 0 Å². The number of allylic oxidation sites excluding steroid dienone is 2. The second-order valence-electron chi connectivity index (χ2n) is 10.1. The van der Waals surface area contributed by atoms with Crippen LogP contribution in [-0.4, -0.2) is 6.61 Å². The van der Waals surface area contributed by atoms with Gasteiger partial charge in [-0.25, -0.2) is 8.78 Å². The van der Waals surface area contributed by atoms with E-state index in [1.807, 2.05) is 0 Å². The first kappa shape index (κ1) is 26.1. The van der Waals surface area contributed by atoms with Crippen LogP contribution in [0.4, 0.5) is 17.6 Å². The van der Waals surface area contributed by atoms with Gasteiger partial charge in [-0.3, -0.25) is 0 Å². The maximum Gasteiger partial charge on any atom is 0.387 e. The number of alkyl halides is 2. The molecule has 0 bridgehead atoms. The van der Waals surface area contributed by atoms with Crippen molar-refractivity contribution in [3.8, 4) is 5.75 Å². The average molecular weight is 469 g/mol. The van der Waals surface area contributed by atoms with E-state index in [0.717, 1.165) is 37.5 Å². The molecule has 0 aromatic heterocycles. The van der Waals surface area contributed by atoms with Crippen LogP contribution in [0.5, 0.6) is 5.75 Å². The zero-order valence-electron chi connectivity index (χ0n) is 20.0. The molecule has 1 aromatic carbocycles. The number of hydrogen-bond donors (Lipinski definition) is 0. The van der Waals surface area contributed by atoms with Crippen LogP contribution in [0.15, 0.2) is 24.3 Å². The molecule has 5 heteroatoms. The van der Waals surface area contributed by atoms with Crippen LogP contribution in [0, 0.1) is 29.4 Å². The lowest BCUT2D eigenvalue weighted by Gasteiger charge is -2.38. The Kier molecular flexibility index (Phi) is 10.6. The maximum absolute atomic E-state index is 14.1. The minimum absolute atomic E-state index is 0.0913. The lowest BCUT2D eigenvalue weighted by Crippen LogP contribution is -2.25. The molecule has 2 aliphatic rings. The molecule has 33 heavy (non-hydrogen) atoms. The van der Waals surface area contributed by atoms with Crippen molar-refractivity contribution in [3.05, 3.63) is 41.5 Å². The molecule has 0 aliphatic heterocycles. The summed E-state index contributed by atoms with van der Waals surface area (Å²) in [5.74, 6) is -0.584. The van der Waals surface area contributed by atoms with Crippen molar-refractivity contribution < 1.29 is 22.3 Å². The average Bonchev–Trinajstić information content (AvgIpc) is 2.81. The molecule has 2 saturated carbocycles. The molecule has 0 heterocycles. The predicted molar refractivity (Wildman–Crippen MR) is 126 cm³/mol. The van der Waals surface area contributed by atoms with Crippen LogP contribution in [0.3, 0.4) is 0 Å². The van der Waals surface area contributed by atoms with Crippen molar-refractivity contribution in [1.82, 2.24) is 0 Å². The molecule has 186 valence electrons. The van der Waals surface area contributed by atoms with Gasteiger partial charge in [0.1, 0.15) is 0 Å². The van der Waals surface area contributed by atoms with Gasteiger partial charge in [0.25, 0.3) is 0 Å². The van der Waals surface area contributed by atoms with Gasteiger partial charge < -0.3 is 4.74 Å². The minimum Gasteiger partial charge on any atom is -0.429 e. The summed E-state index contributed by atoms with van der Waals surface area (Å²) in [5.41, 5.74) is 0.568. The Morgan fingerprint density at radius 3 is 2.00 bits per heavy atom. The van der Waals surface area contributed by atoms with Gasteiger partial charge in [-0.2, -0.15) is 8.78 Å². The summed E-state index contributed by atoms with van der Waals surface area (Å²) in [4.78, 5) is 0. The molecule has 0 spiro atoms. The number of unbranched alkanes of at least 4 members (excludes halogenated alkanes) is 3. The maximum atomic E-state index is 14.1. The molecule has 1 aromatic rings. The van der Waals surface area contributed by atoms with Gasteiger partial charge in [0.2, 0.25) is 0 Å². The van der Waals surface area contributed by atoms with Crippen LogP contribution >= 0.6 is 0 Å². The van der Waals surface area contributed by atoms with Crippen molar-refractivity contribution in [2.75, 3.05) is 0 Å². The third-order valence-electron chi connectivity index (χ3n) is 7.88. The van der Waals surface area contributed by atoms with Gasteiger partial charge in [0.15, 0.2) is 17.4 Å². The van der Waals surface area contributed by atoms with E-state index < -0.39 is 24.0 Å². The summed E-state index contributed by atoms with van der Waals surface area (Å²) >= 11 is 0. The Morgan fingerprint density at radius 2 is 1.42 bits per heavy atom. The zero-order chi connectivity index (χ0) is 23.6. The van der Waals surface area contributed by atoms with Crippen molar-refractivity contribution in [1.29, 1.82) is 0 Å². The van der Waals surface area contributed by atoms with Crippen LogP contribution < -0.4 is 4.74 Å². The largest absolute Gasteiger partial charge is 0.429 e. The predicted octanol–water partition coefficient (Wildman–Crippen LogP) is 9.56. The first-order valence-electron chi connectivity index (χ1n) is 13.1. The van der Waals surface area contributed by atoms with Crippen molar-refractivity contribution in [2.24, 2.45) is 17.8 Å². The lowest BCUT2D eigenvalue weighted by atomic mass is 9.68. The highest BCUT2D eigenvalue weighted by Crippen LogP contribution is 2.45. The summed E-state index contributed by atoms with van der Waals surface area (Å²) < 4.78 is 56.9. The second kappa shape index (κ2) is 13.4. The molecule has 2 aliphatic carbocycles. The van der Waals surface area contributed by atoms with E-state index in [0.29, 0.717) is 11.5 Å². The van der Waals surface area contributed by atoms with Gasteiger partial charge in [-0.05, 0) is 99.2 Å². The Bertz CT molecular complexity index is 708. The number of benzene rings is 1. The molecule has 0 saturated heterocycles. The van der Waals surface area contributed by atoms with Gasteiger partial charge in [0, 0.05) is 0 Å². The number of hydrogen-bond acceptors (Lipinski definition) is 1. The first-order valence-corrected chi connectivity index (χ1v) is 13.1. The van der Waals surface area contributed by atoms with Crippen molar-refractivity contribution in [3.63, 3.8) is 0 Å². The molecule has 1 nitrogen and oxygen atoms in total. The monoisotopic (exact) mass is 468 g/mol. The van der Waals surface area contributed by atoms with E-state index in [-0.39, 0.29) is 5.92 Å². The molecule has 0 atom stereocenters. The summed E-state index contributed by atoms with van der Waals surface area (Å²) in [6.07, 6.45) is 21.6. The van der Waals surface area contributed by atoms with Gasteiger partial charge in [-0.15, -0.1) is 0 Å². The van der Waals surface area contributed by atoms with Gasteiger partial charge in [-0.1, -0.05) is 51.2 Å². The van der Waals surface area contributed by atoms with E-state index in [1.165, 1.54) is 76.3 Å². The van der Waals surface area contributed by atoms with E-state index >= 15 is 0 Å². The van der Waals surface area contributed by atoms with Crippen molar-refractivity contribution in [2.45, 2.75) is 109 Å². The molecular weight excluding hydrogens is 428 g/mol. The fourth-order valence-corrected chi connectivity index (χ4v) is 5.99. The summed E-state index contributed by atoms with van der Waals surface area (Å²) in [6, 6.07) is 2.35. The molecule has 0 radical (unpaired) electrons. The minimum atomic E-state index is -3.24. The smallest absolute Gasteiger partial charge is 0.387 e. The lowest BCUT2D eigenvalue weighted by molar-refractivity contribution is -0.0546. The third-order valence-corrected chi connectivity index (χ3v) is 7.88. The van der Waals surface area contributed by atoms with Gasteiger partial charge >= 0.3 is 6.61 Å². The van der Waals surface area contributed by atoms with E-state index in [2.05, 4.69) is 23.8 Å². The first-order chi connectivity index (χ1) is 16.0. The normalized spacial score (nSPS) is 26.2. The van der Waals surface area contributed by atoms with E-state index in [1.54, 1.807) is 0 Å². The zero-order valence-corrected chi connectivity index (χ0v) is 20.0. The summed E-state index contributed by atoms with van der Waals surface area (Å²) in [7, 11) is 0. The number of halogens is 4. The number of ether oxygens (including phenoxy) is 1. The Balaban J connectivity index is 1.38. The molecule has 3 rings (SSSR count). The third kappa shape index (κ3) is 8.03.